The van der Waals surface area contributed by atoms with E-state index in [-0.39, 0.29) is 0 Å². The predicted octanol–water partition coefficient (Wildman–Crippen LogP) is -1.24. The van der Waals surface area contributed by atoms with E-state index in [1.807, 2.05) is 0 Å². The Morgan fingerprint density at radius 3 is 2.76 bits per heavy atom. The maximum atomic E-state index is 11.8. The normalized spacial score (nSPS) is 29.1. The van der Waals surface area contributed by atoms with Gasteiger partial charge in [-0.15, -0.1) is 10.3 Å². The zero-order valence-electron chi connectivity index (χ0n) is 10.9. The third-order valence-corrected chi connectivity index (χ3v) is 3.75. The number of nitrogens with zero attached hydrogens (tertiary/aromatic N) is 1. The zero-order chi connectivity index (χ0) is 15.6. The molecule has 4 unspecified atom stereocenters. The van der Waals surface area contributed by atoms with Crippen molar-refractivity contribution >= 4 is 18.3 Å². The van der Waals surface area contributed by atoms with Crippen LogP contribution in [-0.2, 0) is 28.1 Å². The van der Waals surface area contributed by atoms with E-state index < -0.39 is 52.7 Å². The summed E-state index contributed by atoms with van der Waals surface area (Å²) in [7, 11) is 2.37. The summed E-state index contributed by atoms with van der Waals surface area (Å²) >= 11 is 0. The topological polar surface area (TPSA) is 120 Å². The Hall–Kier alpha value is -1.03. The van der Waals surface area contributed by atoms with Crippen molar-refractivity contribution in [1.29, 1.82) is 0 Å². The smallest absolute Gasteiger partial charge is 0.330 e. The van der Waals surface area contributed by atoms with Gasteiger partial charge in [0, 0.05) is 19.4 Å². The van der Waals surface area contributed by atoms with Crippen molar-refractivity contribution in [3.05, 3.63) is 33.1 Å². The standard InChI is InChI=1S/C10H14N2O7PS/c1-17-8-7(19-21(16)20)5(4-13)18-9(8)12-3-2-6(14)11-10(12)15/h2-3,5,7-9,13,20H,4H2,1H3,(H,11,14,15)/q-1. The van der Waals surface area contributed by atoms with Crippen LogP contribution in [0.25, 0.3) is 0 Å². The number of aliphatic hydroxyl groups is 1. The Bertz CT molecular complexity index is 676. The van der Waals surface area contributed by atoms with Gasteiger partial charge in [0.1, 0.15) is 12.2 Å². The van der Waals surface area contributed by atoms with Gasteiger partial charge in [-0.25, -0.2) is 12.8 Å². The summed E-state index contributed by atoms with van der Waals surface area (Å²) < 4.78 is 28.2. The lowest BCUT2D eigenvalue weighted by Gasteiger charge is -2.25. The van der Waals surface area contributed by atoms with Gasteiger partial charge in [0.15, 0.2) is 6.23 Å². The van der Waals surface area contributed by atoms with E-state index in [1.165, 1.54) is 13.3 Å². The number of aromatic amines is 1. The van der Waals surface area contributed by atoms with Crippen LogP contribution in [0.4, 0.5) is 0 Å². The van der Waals surface area contributed by atoms with Crippen molar-refractivity contribution in [2.45, 2.75) is 24.5 Å². The molecule has 11 heteroatoms. The third kappa shape index (κ3) is 3.42. The van der Waals surface area contributed by atoms with E-state index in [9.17, 15) is 18.9 Å². The van der Waals surface area contributed by atoms with Gasteiger partial charge in [0.2, 0.25) is 0 Å². The van der Waals surface area contributed by atoms with Crippen LogP contribution in [-0.4, -0.2) is 46.7 Å². The minimum atomic E-state index is -1.79. The second-order valence-electron chi connectivity index (χ2n) is 4.26. The monoisotopic (exact) mass is 337 g/mol. The number of H-pyrrole nitrogens is 1. The number of aromatic nitrogens is 2. The highest BCUT2D eigenvalue weighted by Crippen LogP contribution is 2.32. The molecule has 1 aliphatic heterocycles. The first-order chi connectivity index (χ1) is 9.97. The van der Waals surface area contributed by atoms with Crippen LogP contribution >= 0.6 is 8.02 Å². The van der Waals surface area contributed by atoms with Crippen LogP contribution in [0.3, 0.4) is 0 Å². The minimum Gasteiger partial charge on any atom is -0.441 e. The van der Waals surface area contributed by atoms with Crippen molar-refractivity contribution < 1.29 is 23.0 Å². The van der Waals surface area contributed by atoms with Crippen molar-refractivity contribution in [2.24, 2.45) is 0 Å². The number of hydrogen-bond donors (Lipinski definition) is 2. The fourth-order valence-corrected chi connectivity index (χ4v) is 2.94. The molecule has 4 atom stereocenters. The molecule has 0 aromatic carbocycles. The average Bonchev–Trinajstić information content (AvgIpc) is 2.75. The first-order valence-electron chi connectivity index (χ1n) is 5.88. The van der Waals surface area contributed by atoms with Crippen LogP contribution in [0.15, 0.2) is 21.9 Å². The number of rotatable bonds is 5. The van der Waals surface area contributed by atoms with Crippen LogP contribution in [0.1, 0.15) is 6.23 Å². The quantitative estimate of drug-likeness (QED) is 0.509. The molecule has 0 amide bonds. The summed E-state index contributed by atoms with van der Waals surface area (Å²) in [6.45, 7) is -0.414. The number of ether oxygens (including phenoxy) is 2. The molecule has 0 spiro atoms. The Morgan fingerprint density at radius 1 is 1.52 bits per heavy atom. The van der Waals surface area contributed by atoms with Crippen LogP contribution in [0.5, 0.6) is 0 Å². The highest BCUT2D eigenvalue weighted by molar-refractivity contribution is 8.03. The first kappa shape index (κ1) is 16.3. The summed E-state index contributed by atoms with van der Waals surface area (Å²) in [4.78, 5) is 25.0. The molecule has 0 radical (unpaired) electrons. The lowest BCUT2D eigenvalue weighted by Crippen LogP contribution is -2.39. The van der Waals surface area contributed by atoms with Gasteiger partial charge in [-0.1, -0.05) is 0 Å². The lowest BCUT2D eigenvalue weighted by molar-refractivity contribution is -0.0625. The Kier molecular flexibility index (Phi) is 5.31. The van der Waals surface area contributed by atoms with Crippen molar-refractivity contribution in [3.8, 4) is 0 Å². The molecule has 1 aromatic heterocycles. The maximum Gasteiger partial charge on any atom is 0.330 e. The number of nitrogens with one attached hydrogen (secondary N) is 1. The predicted molar refractivity (Wildman–Crippen MR) is 74.4 cm³/mol. The molecular formula is C10H14N2O7PS-. The summed E-state index contributed by atoms with van der Waals surface area (Å²) in [5.74, 6) is 0. The van der Waals surface area contributed by atoms with Crippen molar-refractivity contribution in [3.63, 3.8) is 0 Å². The molecule has 2 heterocycles. The highest BCUT2D eigenvalue weighted by Gasteiger charge is 2.45. The first-order valence-corrected chi connectivity index (χ1v) is 8.18. The van der Waals surface area contributed by atoms with Gasteiger partial charge >= 0.3 is 5.69 Å². The largest absolute Gasteiger partial charge is 0.441 e. The van der Waals surface area contributed by atoms with E-state index in [0.29, 0.717) is 0 Å². The Balaban J connectivity index is 2.39. The van der Waals surface area contributed by atoms with Crippen LogP contribution in [0, 0.1) is 0 Å². The van der Waals surface area contributed by atoms with Gasteiger partial charge in [-0.3, -0.25) is 14.3 Å². The SMILES string of the molecule is COC1C(O[S-](=O)=P)C(CO)OC1n1ccc(=O)[nH]c1=O. The molecule has 1 saturated heterocycles. The molecule has 1 fully saturated rings. The van der Waals surface area contributed by atoms with E-state index in [1.54, 1.807) is 0 Å². The van der Waals surface area contributed by atoms with Gasteiger partial charge < -0.3 is 23.0 Å². The maximum absolute atomic E-state index is 11.8. The number of hydrogen-bond acceptors (Lipinski definition) is 8. The molecule has 118 valence electrons. The molecule has 21 heavy (non-hydrogen) atoms. The van der Waals surface area contributed by atoms with Gasteiger partial charge in [0.05, 0.1) is 12.7 Å². The third-order valence-electron chi connectivity index (χ3n) is 3.06. The summed E-state index contributed by atoms with van der Waals surface area (Å²) in [6, 6.07) is 1.15. The second kappa shape index (κ2) is 6.82. The molecule has 0 saturated carbocycles. The van der Waals surface area contributed by atoms with E-state index in [0.717, 1.165) is 10.6 Å². The molecule has 2 N–H and O–H groups in total. The molecule has 2 rings (SSSR count). The molecular weight excluding hydrogens is 323 g/mol. The molecule has 9 nitrogen and oxygen atoms in total. The van der Waals surface area contributed by atoms with Gasteiger partial charge in [-0.2, -0.15) is 0 Å². The van der Waals surface area contributed by atoms with E-state index in [4.69, 9.17) is 13.7 Å². The van der Waals surface area contributed by atoms with E-state index >= 15 is 0 Å². The summed E-state index contributed by atoms with van der Waals surface area (Å²) in [5.41, 5.74) is -1.23. The van der Waals surface area contributed by atoms with Crippen LogP contribution < -0.4 is 11.2 Å². The second-order valence-corrected chi connectivity index (χ2v) is 5.92. The highest BCUT2D eigenvalue weighted by atomic mass is 32.5. The Morgan fingerprint density at radius 2 is 2.24 bits per heavy atom. The fourth-order valence-electron chi connectivity index (χ4n) is 2.17. The fraction of sp³-hybridized carbons (Fsp3) is 0.600. The number of methoxy groups -OCH3 is 1. The summed E-state index contributed by atoms with van der Waals surface area (Å²) in [5, 5.41) is 9.32. The summed E-state index contributed by atoms with van der Waals surface area (Å²) in [6.07, 6.45) is -2.18. The lowest BCUT2D eigenvalue weighted by atomic mass is 10.1. The molecule has 1 aliphatic rings. The van der Waals surface area contributed by atoms with Crippen LogP contribution in [0.2, 0.25) is 0 Å². The van der Waals surface area contributed by atoms with Gasteiger partial charge in [-0.05, 0) is 0 Å². The number of aliphatic hydroxyl groups excluding tert-OH is 1. The zero-order valence-corrected chi connectivity index (χ0v) is 12.7. The van der Waals surface area contributed by atoms with Gasteiger partial charge in [0.25, 0.3) is 5.56 Å². The molecule has 0 aliphatic carbocycles. The van der Waals surface area contributed by atoms with Crippen molar-refractivity contribution in [2.75, 3.05) is 13.7 Å². The average molecular weight is 337 g/mol. The Labute approximate surface area is 123 Å². The molecule has 0 bridgehead atoms. The minimum absolute atomic E-state index is 0.414. The molecule has 1 aromatic rings. The van der Waals surface area contributed by atoms with E-state index in [2.05, 4.69) is 13.0 Å². The van der Waals surface area contributed by atoms with Crippen molar-refractivity contribution in [1.82, 2.24) is 9.55 Å².